The molecule has 0 unspecified atom stereocenters. The van der Waals surface area contributed by atoms with Gasteiger partial charge in [-0.3, -0.25) is 0 Å². The van der Waals surface area contributed by atoms with E-state index >= 15 is 0 Å². The Bertz CT molecular complexity index is 3570. The molecule has 0 radical (unpaired) electrons. The fourth-order valence-electron chi connectivity index (χ4n) is 8.44. The van der Waals surface area contributed by atoms with Crippen molar-refractivity contribution >= 4 is 65.4 Å². The van der Waals surface area contributed by atoms with E-state index in [1.54, 1.807) is 0 Å². The SMILES string of the molecule is c1ccc(-c2ccc3cc(-c4nc(-c5ccc6cc7c(cc6c5)oc5ccccc57)nc(-c5cccc6oc7c(-c8ccccc8)cccc7c56)n4)ccc3c2)cc1. The van der Waals surface area contributed by atoms with Crippen LogP contribution in [0.3, 0.4) is 0 Å². The molecule has 0 saturated heterocycles. The molecular weight excluding hydrogens is 711 g/mol. The van der Waals surface area contributed by atoms with Gasteiger partial charge in [0.15, 0.2) is 17.5 Å². The largest absolute Gasteiger partial charge is 0.456 e. The fourth-order valence-corrected chi connectivity index (χ4v) is 8.44. The number of benzene rings is 9. The number of fused-ring (bicyclic) bond motifs is 8. The van der Waals surface area contributed by atoms with Crippen LogP contribution in [0.5, 0.6) is 0 Å². The lowest BCUT2D eigenvalue weighted by Gasteiger charge is -2.11. The Kier molecular flexibility index (Phi) is 7.16. The molecule has 0 N–H and O–H groups in total. The molecule has 0 saturated carbocycles. The second-order valence-corrected chi connectivity index (χ2v) is 14.8. The van der Waals surface area contributed by atoms with Crippen LogP contribution in [-0.4, -0.2) is 15.0 Å². The average Bonchev–Trinajstić information content (AvgIpc) is 3.86. The molecule has 0 aliphatic heterocycles. The summed E-state index contributed by atoms with van der Waals surface area (Å²) in [6.45, 7) is 0. The van der Waals surface area contributed by atoms with Crippen LogP contribution in [0.15, 0.2) is 197 Å². The number of aromatic nitrogens is 3. The van der Waals surface area contributed by atoms with E-state index in [1.165, 1.54) is 11.1 Å². The maximum Gasteiger partial charge on any atom is 0.164 e. The van der Waals surface area contributed by atoms with Crippen LogP contribution in [-0.2, 0) is 0 Å². The minimum Gasteiger partial charge on any atom is -0.456 e. The summed E-state index contributed by atoms with van der Waals surface area (Å²) in [4.78, 5) is 15.7. The molecule has 0 fully saturated rings. The Labute approximate surface area is 332 Å². The zero-order valence-electron chi connectivity index (χ0n) is 31.1. The first kappa shape index (κ1) is 32.4. The topological polar surface area (TPSA) is 65.0 Å². The average molecular weight is 742 g/mol. The van der Waals surface area contributed by atoms with Gasteiger partial charge in [-0.05, 0) is 80.7 Å². The van der Waals surface area contributed by atoms with Crippen LogP contribution in [0.1, 0.15) is 0 Å². The third-order valence-electron chi connectivity index (χ3n) is 11.3. The monoisotopic (exact) mass is 741 g/mol. The van der Waals surface area contributed by atoms with Gasteiger partial charge in [0.1, 0.15) is 22.3 Å². The maximum atomic E-state index is 6.64. The molecule has 12 aromatic rings. The van der Waals surface area contributed by atoms with Gasteiger partial charge in [0.2, 0.25) is 0 Å². The third kappa shape index (κ3) is 5.29. The highest BCUT2D eigenvalue weighted by Gasteiger charge is 2.20. The van der Waals surface area contributed by atoms with Crippen LogP contribution in [0, 0.1) is 0 Å². The van der Waals surface area contributed by atoms with E-state index in [4.69, 9.17) is 23.8 Å². The highest BCUT2D eigenvalue weighted by molar-refractivity contribution is 6.15. The Hall–Kier alpha value is -7.89. The minimum absolute atomic E-state index is 0.575. The van der Waals surface area contributed by atoms with Gasteiger partial charge in [-0.1, -0.05) is 146 Å². The zero-order chi connectivity index (χ0) is 38.2. The number of nitrogens with zero attached hydrogens (tertiary/aromatic N) is 3. The molecule has 58 heavy (non-hydrogen) atoms. The van der Waals surface area contributed by atoms with E-state index in [9.17, 15) is 0 Å². The first-order valence-corrected chi connectivity index (χ1v) is 19.4. The number of hydrogen-bond acceptors (Lipinski definition) is 5. The summed E-state index contributed by atoms with van der Waals surface area (Å²) in [7, 11) is 0. The van der Waals surface area contributed by atoms with Crippen molar-refractivity contribution in [3.8, 4) is 56.4 Å². The molecule has 3 aromatic heterocycles. The van der Waals surface area contributed by atoms with Gasteiger partial charge in [0.25, 0.3) is 0 Å². The van der Waals surface area contributed by atoms with Gasteiger partial charge in [-0.25, -0.2) is 15.0 Å². The quantitative estimate of drug-likeness (QED) is 0.176. The Morgan fingerprint density at radius 2 is 0.862 bits per heavy atom. The lowest BCUT2D eigenvalue weighted by molar-refractivity contribution is 0.669. The normalized spacial score (nSPS) is 11.8. The summed E-state index contributed by atoms with van der Waals surface area (Å²) >= 11 is 0. The van der Waals surface area contributed by atoms with E-state index in [2.05, 4.69) is 146 Å². The van der Waals surface area contributed by atoms with E-state index in [0.29, 0.717) is 17.5 Å². The number of rotatable bonds is 5. The van der Waals surface area contributed by atoms with Crippen molar-refractivity contribution in [3.05, 3.63) is 188 Å². The molecule has 5 heteroatoms. The molecule has 0 aliphatic carbocycles. The van der Waals surface area contributed by atoms with Gasteiger partial charge in [0.05, 0.1) is 0 Å². The zero-order valence-corrected chi connectivity index (χ0v) is 31.1. The van der Waals surface area contributed by atoms with Crippen LogP contribution in [0.4, 0.5) is 0 Å². The van der Waals surface area contributed by atoms with E-state index < -0.39 is 0 Å². The third-order valence-corrected chi connectivity index (χ3v) is 11.3. The van der Waals surface area contributed by atoms with Crippen molar-refractivity contribution < 1.29 is 8.83 Å². The number of hydrogen-bond donors (Lipinski definition) is 0. The van der Waals surface area contributed by atoms with Crippen molar-refractivity contribution in [2.45, 2.75) is 0 Å². The first-order valence-electron chi connectivity index (χ1n) is 19.4. The molecule has 5 nitrogen and oxygen atoms in total. The van der Waals surface area contributed by atoms with Gasteiger partial charge < -0.3 is 8.83 Å². The lowest BCUT2D eigenvalue weighted by atomic mass is 9.99. The molecular formula is C53H31N3O2. The Balaban J connectivity index is 1.05. The van der Waals surface area contributed by atoms with E-state index in [1.807, 2.05) is 42.5 Å². The van der Waals surface area contributed by atoms with Crippen molar-refractivity contribution in [3.63, 3.8) is 0 Å². The maximum absolute atomic E-state index is 6.64. The Morgan fingerprint density at radius 1 is 0.293 bits per heavy atom. The lowest BCUT2D eigenvalue weighted by Crippen LogP contribution is -2.00. The molecule has 270 valence electrons. The van der Waals surface area contributed by atoms with E-state index in [0.717, 1.165) is 93.2 Å². The highest BCUT2D eigenvalue weighted by Crippen LogP contribution is 2.41. The Morgan fingerprint density at radius 3 is 1.64 bits per heavy atom. The smallest absolute Gasteiger partial charge is 0.164 e. The molecule has 3 heterocycles. The molecule has 0 atom stereocenters. The molecule has 9 aromatic carbocycles. The minimum atomic E-state index is 0.575. The van der Waals surface area contributed by atoms with Crippen molar-refractivity contribution in [2.75, 3.05) is 0 Å². The van der Waals surface area contributed by atoms with Crippen molar-refractivity contribution in [1.29, 1.82) is 0 Å². The fraction of sp³-hybridized carbons (Fsp3) is 0. The molecule has 0 bridgehead atoms. The second kappa shape index (κ2) is 12.8. The molecule has 0 aliphatic rings. The summed E-state index contributed by atoms with van der Waals surface area (Å²) < 4.78 is 12.9. The van der Waals surface area contributed by atoms with Crippen LogP contribution in [0.25, 0.3) is 122 Å². The molecule has 0 spiro atoms. The van der Waals surface area contributed by atoms with Crippen LogP contribution >= 0.6 is 0 Å². The van der Waals surface area contributed by atoms with Gasteiger partial charge in [-0.2, -0.15) is 0 Å². The van der Waals surface area contributed by atoms with Gasteiger partial charge >= 0.3 is 0 Å². The number of para-hydroxylation sites is 2. The van der Waals surface area contributed by atoms with E-state index in [-0.39, 0.29) is 0 Å². The summed E-state index contributed by atoms with van der Waals surface area (Å²) in [6, 6.07) is 65.2. The van der Waals surface area contributed by atoms with Crippen molar-refractivity contribution in [1.82, 2.24) is 15.0 Å². The summed E-state index contributed by atoms with van der Waals surface area (Å²) in [5.74, 6) is 1.75. The van der Waals surface area contributed by atoms with Gasteiger partial charge in [0, 0.05) is 43.8 Å². The molecule has 0 amide bonds. The summed E-state index contributed by atoms with van der Waals surface area (Å²) in [6.07, 6.45) is 0. The summed E-state index contributed by atoms with van der Waals surface area (Å²) in [5.41, 5.74) is 10.5. The predicted molar refractivity (Wildman–Crippen MR) is 237 cm³/mol. The highest BCUT2D eigenvalue weighted by atomic mass is 16.3. The standard InChI is InChI=1S/C53H31N3O2/c1-3-11-32(12-4-1)34-21-22-36-28-38(25-23-35(36)27-34)51-54-52(39-26-24-37-30-45-42-15-7-8-19-46(42)57-48(45)31-40(37)29-39)56-53(55-51)44-18-10-20-47-49(44)43-17-9-16-41(50(43)58-47)33-13-5-2-6-14-33/h1-31H. The van der Waals surface area contributed by atoms with Crippen LogP contribution < -0.4 is 0 Å². The predicted octanol–water partition coefficient (Wildman–Crippen LogP) is 14.3. The van der Waals surface area contributed by atoms with Gasteiger partial charge in [-0.15, -0.1) is 0 Å². The van der Waals surface area contributed by atoms with Crippen LogP contribution in [0.2, 0.25) is 0 Å². The second-order valence-electron chi connectivity index (χ2n) is 14.8. The number of furan rings is 2. The summed E-state index contributed by atoms with van der Waals surface area (Å²) in [5, 5.41) is 8.61. The first-order chi connectivity index (χ1) is 28.7. The van der Waals surface area contributed by atoms with Crippen molar-refractivity contribution in [2.24, 2.45) is 0 Å². The molecule has 12 rings (SSSR count).